The van der Waals surface area contributed by atoms with Gasteiger partial charge in [-0.1, -0.05) is 18.2 Å². The van der Waals surface area contributed by atoms with Gasteiger partial charge in [-0.15, -0.1) is 0 Å². The molecule has 4 nitrogen and oxygen atoms in total. The fraction of sp³-hybridized carbons (Fsp3) is 0.571. The maximum absolute atomic E-state index is 12.7. The molecule has 1 aliphatic rings. The van der Waals surface area contributed by atoms with E-state index in [0.717, 1.165) is 30.5 Å². The molecule has 0 bridgehead atoms. The molecule has 0 amide bonds. The zero-order valence-corrected chi connectivity index (χ0v) is 12.4. The van der Waals surface area contributed by atoms with Gasteiger partial charge in [-0.05, 0) is 44.9 Å². The van der Waals surface area contributed by atoms with Crippen LogP contribution in [0.5, 0.6) is 0 Å². The number of sulfonamides is 1. The highest BCUT2D eigenvalue weighted by Crippen LogP contribution is 2.29. The van der Waals surface area contributed by atoms with E-state index in [4.69, 9.17) is 0 Å². The Balaban J connectivity index is 2.39. The fourth-order valence-corrected chi connectivity index (χ4v) is 4.18. The number of para-hydroxylation sites is 1. The van der Waals surface area contributed by atoms with E-state index in [0.29, 0.717) is 13.1 Å². The van der Waals surface area contributed by atoms with Crippen molar-refractivity contribution in [2.45, 2.75) is 31.4 Å². The third-order valence-electron chi connectivity index (χ3n) is 3.62. The molecule has 0 saturated heterocycles. The summed E-state index contributed by atoms with van der Waals surface area (Å²) in [5.74, 6) is 0. The maximum Gasteiger partial charge on any atom is 0.239 e. The number of anilines is 1. The molecule has 1 unspecified atom stereocenters. The summed E-state index contributed by atoms with van der Waals surface area (Å²) in [4.78, 5) is 0. The molecular formula is C14H22N2O2S. The summed E-state index contributed by atoms with van der Waals surface area (Å²) in [7, 11) is -1.51. The minimum Gasteiger partial charge on any atom is -0.318 e. The summed E-state index contributed by atoms with van der Waals surface area (Å²) in [5, 5.41) is 2.53. The lowest BCUT2D eigenvalue weighted by Gasteiger charge is -2.27. The van der Waals surface area contributed by atoms with Crippen molar-refractivity contribution in [3.63, 3.8) is 0 Å². The van der Waals surface area contributed by atoms with E-state index in [9.17, 15) is 8.42 Å². The molecule has 19 heavy (non-hydrogen) atoms. The van der Waals surface area contributed by atoms with Gasteiger partial charge in [0.05, 0.1) is 10.9 Å². The molecule has 0 saturated carbocycles. The van der Waals surface area contributed by atoms with Gasteiger partial charge in [-0.3, -0.25) is 4.31 Å². The summed E-state index contributed by atoms with van der Waals surface area (Å²) in [6.45, 7) is 2.83. The monoisotopic (exact) mass is 282 g/mol. The van der Waals surface area contributed by atoms with Crippen LogP contribution < -0.4 is 9.62 Å². The van der Waals surface area contributed by atoms with Gasteiger partial charge in [-0.2, -0.15) is 0 Å². The molecule has 1 aromatic carbocycles. The summed E-state index contributed by atoms with van der Waals surface area (Å²) in [5.41, 5.74) is 2.00. The van der Waals surface area contributed by atoms with Gasteiger partial charge < -0.3 is 5.32 Å². The van der Waals surface area contributed by atoms with Crippen LogP contribution in [0, 0.1) is 0 Å². The molecule has 1 aromatic rings. The van der Waals surface area contributed by atoms with E-state index in [1.165, 1.54) is 0 Å². The standard InChI is InChI=1S/C14H22N2O2S/c1-12(11-15-2)19(17,18)16-10-6-5-8-13-7-3-4-9-14(13)16/h3-4,7,9,12,15H,5-6,8,10-11H2,1-2H3. The normalized spacial score (nSPS) is 17.7. The largest absolute Gasteiger partial charge is 0.318 e. The van der Waals surface area contributed by atoms with Crippen molar-refractivity contribution < 1.29 is 8.42 Å². The molecule has 2 rings (SSSR count). The molecule has 0 spiro atoms. The SMILES string of the molecule is CNCC(C)S(=O)(=O)N1CCCCc2ccccc21. The highest BCUT2D eigenvalue weighted by molar-refractivity contribution is 7.93. The molecule has 106 valence electrons. The van der Waals surface area contributed by atoms with Gasteiger partial charge in [0.2, 0.25) is 10.0 Å². The average Bonchev–Trinajstić information content (AvgIpc) is 2.61. The van der Waals surface area contributed by atoms with Crippen molar-refractivity contribution >= 4 is 15.7 Å². The molecular weight excluding hydrogens is 260 g/mol. The predicted octanol–water partition coefficient (Wildman–Crippen LogP) is 1.77. The first-order valence-electron chi connectivity index (χ1n) is 6.81. The van der Waals surface area contributed by atoms with Crippen LogP contribution >= 0.6 is 0 Å². The Labute approximate surface area is 115 Å². The smallest absolute Gasteiger partial charge is 0.239 e. The number of benzene rings is 1. The number of aryl methyl sites for hydroxylation is 1. The second-order valence-corrected chi connectivity index (χ2v) is 7.35. The third kappa shape index (κ3) is 2.92. The highest BCUT2D eigenvalue weighted by Gasteiger charge is 2.30. The van der Waals surface area contributed by atoms with Gasteiger partial charge in [0.15, 0.2) is 0 Å². The lowest BCUT2D eigenvalue weighted by molar-refractivity contribution is 0.572. The quantitative estimate of drug-likeness (QED) is 0.915. The maximum atomic E-state index is 12.7. The van der Waals surface area contributed by atoms with E-state index in [-0.39, 0.29) is 0 Å². The van der Waals surface area contributed by atoms with Crippen LogP contribution in [0.1, 0.15) is 25.3 Å². The van der Waals surface area contributed by atoms with E-state index >= 15 is 0 Å². The van der Waals surface area contributed by atoms with E-state index < -0.39 is 15.3 Å². The average molecular weight is 282 g/mol. The van der Waals surface area contributed by atoms with Crippen molar-refractivity contribution in [1.29, 1.82) is 0 Å². The molecule has 1 aliphatic heterocycles. The van der Waals surface area contributed by atoms with Gasteiger partial charge in [-0.25, -0.2) is 8.42 Å². The van der Waals surface area contributed by atoms with Gasteiger partial charge in [0.1, 0.15) is 0 Å². The molecule has 1 atom stereocenters. The molecule has 0 aliphatic carbocycles. The number of fused-ring (bicyclic) bond motifs is 1. The summed E-state index contributed by atoms with van der Waals surface area (Å²) < 4.78 is 27.0. The molecule has 0 fully saturated rings. The minimum atomic E-state index is -3.29. The van der Waals surface area contributed by atoms with Crippen molar-refractivity contribution in [2.24, 2.45) is 0 Å². The second-order valence-electron chi connectivity index (χ2n) is 5.07. The summed E-state index contributed by atoms with van der Waals surface area (Å²) in [6, 6.07) is 7.84. The lowest BCUT2D eigenvalue weighted by atomic mass is 10.1. The Hall–Kier alpha value is -1.07. The zero-order chi connectivity index (χ0) is 13.9. The van der Waals surface area contributed by atoms with Gasteiger partial charge in [0.25, 0.3) is 0 Å². The number of nitrogens with zero attached hydrogens (tertiary/aromatic N) is 1. The van der Waals surface area contributed by atoms with Gasteiger partial charge >= 0.3 is 0 Å². The first kappa shape index (κ1) is 14.3. The van der Waals surface area contributed by atoms with Crippen LogP contribution in [0.3, 0.4) is 0 Å². The Morgan fingerprint density at radius 1 is 1.32 bits per heavy atom. The number of rotatable bonds is 4. The first-order valence-corrected chi connectivity index (χ1v) is 8.31. The molecule has 1 N–H and O–H groups in total. The van der Waals surface area contributed by atoms with Crippen LogP contribution in [-0.4, -0.2) is 33.8 Å². The zero-order valence-electron chi connectivity index (χ0n) is 11.6. The highest BCUT2D eigenvalue weighted by atomic mass is 32.2. The molecule has 1 heterocycles. The van der Waals surface area contributed by atoms with E-state index in [1.807, 2.05) is 24.3 Å². The predicted molar refractivity (Wildman–Crippen MR) is 79.0 cm³/mol. The molecule has 0 radical (unpaired) electrons. The van der Waals surface area contributed by atoms with Crippen molar-refractivity contribution in [3.05, 3.63) is 29.8 Å². The third-order valence-corrected chi connectivity index (χ3v) is 5.80. The van der Waals surface area contributed by atoms with Crippen molar-refractivity contribution in [2.75, 3.05) is 24.4 Å². The second kappa shape index (κ2) is 5.92. The summed E-state index contributed by atoms with van der Waals surface area (Å²) >= 11 is 0. The lowest BCUT2D eigenvalue weighted by Crippen LogP contribution is -2.42. The Bertz CT molecular complexity index is 528. The number of nitrogens with one attached hydrogen (secondary N) is 1. The van der Waals surface area contributed by atoms with Crippen LogP contribution in [0.15, 0.2) is 24.3 Å². The van der Waals surface area contributed by atoms with Gasteiger partial charge in [0, 0.05) is 13.1 Å². The van der Waals surface area contributed by atoms with Crippen LogP contribution in [0.4, 0.5) is 5.69 Å². The molecule has 0 aromatic heterocycles. The first-order chi connectivity index (χ1) is 9.07. The minimum absolute atomic E-state index is 0.413. The molecule has 5 heteroatoms. The van der Waals surface area contributed by atoms with E-state index in [1.54, 1.807) is 18.3 Å². The Morgan fingerprint density at radius 2 is 2.05 bits per heavy atom. The van der Waals surface area contributed by atoms with Crippen LogP contribution in [0.2, 0.25) is 0 Å². The topological polar surface area (TPSA) is 49.4 Å². The van der Waals surface area contributed by atoms with Crippen molar-refractivity contribution in [3.8, 4) is 0 Å². The Morgan fingerprint density at radius 3 is 2.79 bits per heavy atom. The number of hydrogen-bond donors (Lipinski definition) is 1. The van der Waals surface area contributed by atoms with E-state index in [2.05, 4.69) is 5.32 Å². The summed E-state index contributed by atoms with van der Waals surface area (Å²) in [6.07, 6.45) is 2.92. The fourth-order valence-electron chi connectivity index (χ4n) is 2.53. The Kier molecular flexibility index (Phi) is 4.47. The van der Waals surface area contributed by atoms with Crippen molar-refractivity contribution in [1.82, 2.24) is 5.32 Å². The number of hydrogen-bond acceptors (Lipinski definition) is 3. The van der Waals surface area contributed by atoms with Crippen LogP contribution in [0.25, 0.3) is 0 Å². The van der Waals surface area contributed by atoms with Crippen LogP contribution in [-0.2, 0) is 16.4 Å².